The predicted octanol–water partition coefficient (Wildman–Crippen LogP) is 3.89. The normalized spacial score (nSPS) is 25.4. The van der Waals surface area contributed by atoms with Crippen LogP contribution in [0.5, 0.6) is 0 Å². The molecule has 5 heteroatoms. The highest BCUT2D eigenvalue weighted by Crippen LogP contribution is 2.31. The molecule has 0 radical (unpaired) electrons. The topological polar surface area (TPSA) is 47.6 Å². The van der Waals surface area contributed by atoms with Crippen LogP contribution < -0.4 is 5.32 Å². The van der Waals surface area contributed by atoms with Crippen LogP contribution >= 0.6 is 11.6 Å². The maximum Gasteiger partial charge on any atom is 0.339 e. The van der Waals surface area contributed by atoms with E-state index in [0.29, 0.717) is 10.6 Å². The zero-order valence-electron chi connectivity index (χ0n) is 12.7. The van der Waals surface area contributed by atoms with Crippen molar-refractivity contribution >= 4 is 23.3 Å². The molecule has 2 rings (SSSR count). The first-order valence-electron chi connectivity index (χ1n) is 7.26. The molecule has 1 saturated heterocycles. The second-order valence-electron chi connectivity index (χ2n) is 5.67. The third kappa shape index (κ3) is 3.89. The van der Waals surface area contributed by atoms with Crippen molar-refractivity contribution < 1.29 is 14.3 Å². The Balaban J connectivity index is 2.18. The van der Waals surface area contributed by atoms with Crippen LogP contribution in [-0.4, -0.2) is 31.3 Å². The third-order valence-electron chi connectivity index (χ3n) is 4.09. The molecule has 2 unspecified atom stereocenters. The van der Waals surface area contributed by atoms with Crippen molar-refractivity contribution in [2.24, 2.45) is 0 Å². The molecule has 0 spiro atoms. The number of rotatable bonds is 4. The first kappa shape index (κ1) is 16.1. The summed E-state index contributed by atoms with van der Waals surface area (Å²) in [5.41, 5.74) is 1.12. The lowest BCUT2D eigenvalue weighted by Gasteiger charge is -2.38. The molecule has 0 bridgehead atoms. The van der Waals surface area contributed by atoms with Gasteiger partial charge in [-0.05, 0) is 44.4 Å². The summed E-state index contributed by atoms with van der Waals surface area (Å²) in [7, 11) is 1.38. The Hall–Kier alpha value is -1.26. The lowest BCUT2D eigenvalue weighted by molar-refractivity contribution is -0.0708. The maximum atomic E-state index is 11.8. The zero-order chi connectivity index (χ0) is 15.5. The SMILES string of the molecule is CCC1(C)CC(Nc2cc(Cl)ccc2C(=O)OC)CCO1. The van der Waals surface area contributed by atoms with Gasteiger partial charge in [-0.3, -0.25) is 0 Å². The molecule has 116 valence electrons. The Morgan fingerprint density at radius 2 is 2.33 bits per heavy atom. The largest absolute Gasteiger partial charge is 0.465 e. The fourth-order valence-electron chi connectivity index (χ4n) is 2.64. The summed E-state index contributed by atoms with van der Waals surface area (Å²) < 4.78 is 10.7. The monoisotopic (exact) mass is 311 g/mol. The van der Waals surface area contributed by atoms with Crippen molar-refractivity contribution in [2.45, 2.75) is 44.8 Å². The third-order valence-corrected chi connectivity index (χ3v) is 4.32. The molecule has 1 aromatic carbocycles. The summed E-state index contributed by atoms with van der Waals surface area (Å²) in [5.74, 6) is -0.362. The van der Waals surface area contributed by atoms with Gasteiger partial charge in [0.2, 0.25) is 0 Å². The van der Waals surface area contributed by atoms with Gasteiger partial charge < -0.3 is 14.8 Å². The van der Waals surface area contributed by atoms with Crippen LogP contribution in [0, 0.1) is 0 Å². The number of halogens is 1. The summed E-state index contributed by atoms with van der Waals surface area (Å²) in [5, 5.41) is 4.02. The molecule has 1 aliphatic heterocycles. The minimum atomic E-state index is -0.362. The maximum absolute atomic E-state index is 11.8. The molecule has 0 amide bonds. The van der Waals surface area contributed by atoms with Crippen LogP contribution in [0.3, 0.4) is 0 Å². The quantitative estimate of drug-likeness (QED) is 0.857. The molecule has 2 atom stereocenters. The molecule has 21 heavy (non-hydrogen) atoms. The van der Waals surface area contributed by atoms with Crippen molar-refractivity contribution in [3.05, 3.63) is 28.8 Å². The van der Waals surface area contributed by atoms with Crippen molar-refractivity contribution in [1.82, 2.24) is 0 Å². The Morgan fingerprint density at radius 3 is 3.00 bits per heavy atom. The van der Waals surface area contributed by atoms with Gasteiger partial charge in [0, 0.05) is 17.7 Å². The number of benzene rings is 1. The van der Waals surface area contributed by atoms with Crippen LogP contribution in [0.1, 0.15) is 43.5 Å². The highest BCUT2D eigenvalue weighted by atomic mass is 35.5. The lowest BCUT2D eigenvalue weighted by Crippen LogP contribution is -2.42. The van der Waals surface area contributed by atoms with Gasteiger partial charge in [0.15, 0.2) is 0 Å². The average molecular weight is 312 g/mol. The summed E-state index contributed by atoms with van der Waals surface area (Å²) in [6.07, 6.45) is 2.77. The number of ether oxygens (including phenoxy) is 2. The molecule has 1 heterocycles. The van der Waals surface area contributed by atoms with E-state index in [1.165, 1.54) is 7.11 Å². The molecule has 4 nitrogen and oxygen atoms in total. The van der Waals surface area contributed by atoms with Gasteiger partial charge in [0.25, 0.3) is 0 Å². The number of nitrogens with one attached hydrogen (secondary N) is 1. The van der Waals surface area contributed by atoms with Crippen LogP contribution in [0.4, 0.5) is 5.69 Å². The van der Waals surface area contributed by atoms with Crippen LogP contribution in [0.25, 0.3) is 0 Å². The molecule has 1 aromatic rings. The van der Waals surface area contributed by atoms with E-state index in [0.717, 1.165) is 31.6 Å². The summed E-state index contributed by atoms with van der Waals surface area (Å²) >= 11 is 6.05. The Morgan fingerprint density at radius 1 is 1.57 bits per heavy atom. The van der Waals surface area contributed by atoms with Gasteiger partial charge in [-0.2, -0.15) is 0 Å². The highest BCUT2D eigenvalue weighted by Gasteiger charge is 2.32. The molecule has 0 aliphatic carbocycles. The fraction of sp³-hybridized carbons (Fsp3) is 0.562. The van der Waals surface area contributed by atoms with Gasteiger partial charge in [-0.1, -0.05) is 18.5 Å². The zero-order valence-corrected chi connectivity index (χ0v) is 13.5. The van der Waals surface area contributed by atoms with Gasteiger partial charge in [0.05, 0.1) is 24.0 Å². The van der Waals surface area contributed by atoms with E-state index < -0.39 is 0 Å². The second kappa shape index (κ2) is 6.67. The lowest BCUT2D eigenvalue weighted by atomic mass is 9.89. The van der Waals surface area contributed by atoms with E-state index in [-0.39, 0.29) is 17.6 Å². The van der Waals surface area contributed by atoms with Gasteiger partial charge in [-0.25, -0.2) is 4.79 Å². The number of hydrogen-bond donors (Lipinski definition) is 1. The van der Waals surface area contributed by atoms with Crippen molar-refractivity contribution in [2.75, 3.05) is 19.0 Å². The number of esters is 1. The fourth-order valence-corrected chi connectivity index (χ4v) is 2.82. The Bertz CT molecular complexity index is 520. The number of carbonyl (C=O) groups is 1. The van der Waals surface area contributed by atoms with Crippen LogP contribution in [0.15, 0.2) is 18.2 Å². The molecular weight excluding hydrogens is 290 g/mol. The summed E-state index contributed by atoms with van der Waals surface area (Å²) in [4.78, 5) is 11.8. The van der Waals surface area contributed by atoms with Crippen LogP contribution in [0.2, 0.25) is 5.02 Å². The molecule has 1 aliphatic rings. The van der Waals surface area contributed by atoms with E-state index in [4.69, 9.17) is 21.1 Å². The first-order chi connectivity index (χ1) is 9.97. The molecule has 1 N–H and O–H groups in total. The summed E-state index contributed by atoms with van der Waals surface area (Å²) in [6.45, 7) is 4.97. The van der Waals surface area contributed by atoms with Gasteiger partial charge in [0.1, 0.15) is 0 Å². The van der Waals surface area contributed by atoms with Gasteiger partial charge >= 0.3 is 5.97 Å². The Labute approximate surface area is 130 Å². The highest BCUT2D eigenvalue weighted by molar-refractivity contribution is 6.31. The molecule has 1 fully saturated rings. The first-order valence-corrected chi connectivity index (χ1v) is 7.63. The van der Waals surface area contributed by atoms with Crippen LogP contribution in [-0.2, 0) is 9.47 Å². The number of anilines is 1. The standard InChI is InChI=1S/C16H22ClNO3/c1-4-16(2)10-12(7-8-21-16)18-14-9-11(17)5-6-13(14)15(19)20-3/h5-6,9,12,18H,4,7-8,10H2,1-3H3. The minimum absolute atomic E-state index is 0.111. The van der Waals surface area contributed by atoms with E-state index in [2.05, 4.69) is 19.2 Å². The van der Waals surface area contributed by atoms with Gasteiger partial charge in [-0.15, -0.1) is 0 Å². The number of methoxy groups -OCH3 is 1. The molecule has 0 aromatic heterocycles. The number of hydrogen-bond acceptors (Lipinski definition) is 4. The average Bonchev–Trinajstić information content (AvgIpc) is 2.47. The number of carbonyl (C=O) groups excluding carboxylic acids is 1. The van der Waals surface area contributed by atoms with Crippen molar-refractivity contribution in [3.63, 3.8) is 0 Å². The molecule has 0 saturated carbocycles. The summed E-state index contributed by atoms with van der Waals surface area (Å²) in [6, 6.07) is 5.41. The minimum Gasteiger partial charge on any atom is -0.465 e. The molecular formula is C16H22ClNO3. The van der Waals surface area contributed by atoms with Crippen molar-refractivity contribution in [1.29, 1.82) is 0 Å². The van der Waals surface area contributed by atoms with E-state index in [1.807, 2.05) is 0 Å². The smallest absolute Gasteiger partial charge is 0.339 e. The Kier molecular flexibility index (Phi) is 5.12. The second-order valence-corrected chi connectivity index (χ2v) is 6.10. The van der Waals surface area contributed by atoms with E-state index >= 15 is 0 Å². The predicted molar refractivity (Wildman–Crippen MR) is 84.1 cm³/mol. The van der Waals surface area contributed by atoms with Crippen molar-refractivity contribution in [3.8, 4) is 0 Å². The van der Waals surface area contributed by atoms with E-state index in [9.17, 15) is 4.79 Å². The van der Waals surface area contributed by atoms with E-state index in [1.54, 1.807) is 18.2 Å².